The van der Waals surface area contributed by atoms with Gasteiger partial charge in [0.2, 0.25) is 0 Å². The molecule has 6 heteroatoms. The minimum Gasteiger partial charge on any atom is -0.489 e. The van der Waals surface area contributed by atoms with Crippen molar-refractivity contribution in [3.63, 3.8) is 0 Å². The van der Waals surface area contributed by atoms with Crippen molar-refractivity contribution in [1.82, 2.24) is 10.6 Å². The van der Waals surface area contributed by atoms with Gasteiger partial charge in [-0.1, -0.05) is 18.2 Å². The zero-order chi connectivity index (χ0) is 15.3. The van der Waals surface area contributed by atoms with E-state index in [1.165, 1.54) is 0 Å². The lowest BCUT2D eigenvalue weighted by Crippen LogP contribution is -2.38. The molecule has 0 amide bonds. The Morgan fingerprint density at radius 2 is 1.95 bits per heavy atom. The van der Waals surface area contributed by atoms with E-state index in [9.17, 15) is 0 Å². The number of rotatable bonds is 9. The summed E-state index contributed by atoms with van der Waals surface area (Å²) in [7, 11) is 1.71. The molecule has 0 fully saturated rings. The molecule has 0 bridgehead atoms. The van der Waals surface area contributed by atoms with Gasteiger partial charge in [0.1, 0.15) is 11.9 Å². The van der Waals surface area contributed by atoms with Crippen molar-refractivity contribution in [3.8, 4) is 5.75 Å². The summed E-state index contributed by atoms with van der Waals surface area (Å²) in [5.74, 6) is 1.69. The van der Waals surface area contributed by atoms with E-state index < -0.39 is 0 Å². The molecule has 1 unspecified atom stereocenters. The molecule has 1 aromatic rings. The Morgan fingerprint density at radius 3 is 2.59 bits per heavy atom. The van der Waals surface area contributed by atoms with Crippen LogP contribution in [0.5, 0.6) is 5.75 Å². The van der Waals surface area contributed by atoms with Crippen molar-refractivity contribution in [2.75, 3.05) is 33.4 Å². The zero-order valence-corrected chi connectivity index (χ0v) is 16.0. The number of hydrogen-bond acceptors (Lipinski definition) is 3. The second kappa shape index (κ2) is 13.6. The van der Waals surface area contributed by atoms with Crippen molar-refractivity contribution in [2.24, 2.45) is 4.99 Å². The number of methoxy groups -OCH3 is 1. The van der Waals surface area contributed by atoms with Gasteiger partial charge < -0.3 is 20.1 Å². The van der Waals surface area contributed by atoms with Crippen molar-refractivity contribution >= 4 is 29.9 Å². The van der Waals surface area contributed by atoms with Gasteiger partial charge in [0.05, 0.1) is 6.54 Å². The third kappa shape index (κ3) is 9.83. The fraction of sp³-hybridized carbons (Fsp3) is 0.562. The Hall–Kier alpha value is -1.02. The molecule has 1 atom stereocenters. The minimum absolute atomic E-state index is 0. The van der Waals surface area contributed by atoms with E-state index in [0.717, 1.165) is 37.8 Å². The molecule has 0 spiro atoms. The van der Waals surface area contributed by atoms with E-state index >= 15 is 0 Å². The molecule has 0 heterocycles. The molecule has 0 radical (unpaired) electrons. The highest BCUT2D eigenvalue weighted by atomic mass is 127. The lowest BCUT2D eigenvalue weighted by molar-refractivity contribution is 0.195. The van der Waals surface area contributed by atoms with Crippen LogP contribution in [-0.2, 0) is 4.74 Å². The van der Waals surface area contributed by atoms with Gasteiger partial charge in [-0.15, -0.1) is 24.0 Å². The molecule has 1 aromatic carbocycles. The molecule has 0 aliphatic heterocycles. The van der Waals surface area contributed by atoms with Crippen LogP contribution in [0.25, 0.3) is 0 Å². The Labute approximate surface area is 150 Å². The predicted molar refractivity (Wildman–Crippen MR) is 102 cm³/mol. The number of benzene rings is 1. The number of ether oxygens (including phenoxy) is 2. The number of guanidine groups is 1. The fourth-order valence-electron chi connectivity index (χ4n) is 1.75. The standard InChI is InChI=1S/C16H27N3O2.HI/c1-4-17-16(18-11-8-12-20-3)19-13-14(2)21-15-9-6-5-7-10-15;/h5-7,9-10,14H,4,8,11-13H2,1-3H3,(H2,17,18,19);1H. The first kappa shape index (κ1) is 21.0. The largest absolute Gasteiger partial charge is 0.489 e. The van der Waals surface area contributed by atoms with Gasteiger partial charge in [-0.25, -0.2) is 4.99 Å². The van der Waals surface area contributed by atoms with E-state index in [1.54, 1.807) is 7.11 Å². The summed E-state index contributed by atoms with van der Waals surface area (Å²) < 4.78 is 10.8. The lowest BCUT2D eigenvalue weighted by atomic mass is 10.3. The third-order valence-electron chi connectivity index (χ3n) is 2.75. The van der Waals surface area contributed by atoms with Crippen LogP contribution in [-0.4, -0.2) is 45.4 Å². The zero-order valence-electron chi connectivity index (χ0n) is 13.7. The monoisotopic (exact) mass is 421 g/mol. The van der Waals surface area contributed by atoms with E-state index in [4.69, 9.17) is 9.47 Å². The number of nitrogens with zero attached hydrogens (tertiary/aromatic N) is 1. The Kier molecular flexibility index (Phi) is 13.0. The molecule has 0 aliphatic rings. The van der Waals surface area contributed by atoms with Crippen LogP contribution in [0.3, 0.4) is 0 Å². The summed E-state index contributed by atoms with van der Waals surface area (Å²) in [5.41, 5.74) is 0. The predicted octanol–water partition coefficient (Wildman–Crippen LogP) is 2.66. The maximum Gasteiger partial charge on any atom is 0.191 e. The molecule has 0 aliphatic carbocycles. The number of para-hydroxylation sites is 1. The van der Waals surface area contributed by atoms with Gasteiger partial charge >= 0.3 is 0 Å². The number of nitrogens with one attached hydrogen (secondary N) is 2. The Morgan fingerprint density at radius 1 is 1.23 bits per heavy atom. The summed E-state index contributed by atoms with van der Waals surface area (Å²) >= 11 is 0. The highest BCUT2D eigenvalue weighted by molar-refractivity contribution is 14.0. The van der Waals surface area contributed by atoms with Crippen LogP contribution in [0.1, 0.15) is 20.3 Å². The number of hydrogen-bond donors (Lipinski definition) is 2. The average molecular weight is 421 g/mol. The van der Waals surface area contributed by atoms with E-state index in [0.29, 0.717) is 6.54 Å². The maximum absolute atomic E-state index is 5.80. The fourth-order valence-corrected chi connectivity index (χ4v) is 1.75. The highest BCUT2D eigenvalue weighted by Gasteiger charge is 2.04. The first-order chi connectivity index (χ1) is 10.3. The first-order valence-corrected chi connectivity index (χ1v) is 7.49. The topological polar surface area (TPSA) is 54.9 Å². The molecule has 2 N–H and O–H groups in total. The van der Waals surface area contributed by atoms with Crippen LogP contribution < -0.4 is 15.4 Å². The molecular weight excluding hydrogens is 393 g/mol. The summed E-state index contributed by atoms with van der Waals surface area (Å²) in [5, 5.41) is 6.50. The molecular formula is C16H28IN3O2. The molecule has 0 saturated heterocycles. The summed E-state index contributed by atoms with van der Waals surface area (Å²) in [6.07, 6.45) is 0.985. The highest BCUT2D eigenvalue weighted by Crippen LogP contribution is 2.10. The van der Waals surface area contributed by atoms with Gasteiger partial charge in [-0.2, -0.15) is 0 Å². The van der Waals surface area contributed by atoms with Crippen LogP contribution in [0.2, 0.25) is 0 Å². The lowest BCUT2D eigenvalue weighted by Gasteiger charge is -2.15. The van der Waals surface area contributed by atoms with Gasteiger partial charge in [-0.3, -0.25) is 0 Å². The van der Waals surface area contributed by atoms with Crippen LogP contribution >= 0.6 is 24.0 Å². The minimum atomic E-state index is 0. The molecule has 0 saturated carbocycles. The second-order valence-corrected chi connectivity index (χ2v) is 4.73. The van der Waals surface area contributed by atoms with Gasteiger partial charge in [0.15, 0.2) is 5.96 Å². The van der Waals surface area contributed by atoms with E-state index in [1.807, 2.05) is 37.3 Å². The van der Waals surface area contributed by atoms with Crippen molar-refractivity contribution in [2.45, 2.75) is 26.4 Å². The third-order valence-corrected chi connectivity index (χ3v) is 2.75. The van der Waals surface area contributed by atoms with Crippen molar-refractivity contribution < 1.29 is 9.47 Å². The molecule has 0 aromatic heterocycles. The SMILES string of the molecule is CCNC(=NCC(C)Oc1ccccc1)NCCCOC.I. The second-order valence-electron chi connectivity index (χ2n) is 4.73. The smallest absolute Gasteiger partial charge is 0.191 e. The van der Waals surface area contributed by atoms with Gasteiger partial charge in [0, 0.05) is 26.8 Å². The quantitative estimate of drug-likeness (QED) is 0.279. The normalized spacial score (nSPS) is 12.2. The van der Waals surface area contributed by atoms with Crippen LogP contribution in [0, 0.1) is 0 Å². The summed E-state index contributed by atoms with van der Waals surface area (Å²) in [4.78, 5) is 4.54. The average Bonchev–Trinajstić information content (AvgIpc) is 2.50. The summed E-state index contributed by atoms with van der Waals surface area (Å²) in [6.45, 7) is 7.10. The van der Waals surface area contributed by atoms with Crippen molar-refractivity contribution in [3.05, 3.63) is 30.3 Å². The molecule has 5 nitrogen and oxygen atoms in total. The molecule has 126 valence electrons. The number of aliphatic imine (C=N–C) groups is 1. The molecule has 1 rings (SSSR count). The first-order valence-electron chi connectivity index (χ1n) is 7.49. The summed E-state index contributed by atoms with van der Waals surface area (Å²) in [6, 6.07) is 9.81. The Balaban J connectivity index is 0.00000441. The van der Waals surface area contributed by atoms with E-state index in [-0.39, 0.29) is 30.1 Å². The van der Waals surface area contributed by atoms with Crippen molar-refractivity contribution in [1.29, 1.82) is 0 Å². The number of halogens is 1. The van der Waals surface area contributed by atoms with Gasteiger partial charge in [0.25, 0.3) is 0 Å². The van der Waals surface area contributed by atoms with E-state index in [2.05, 4.69) is 22.5 Å². The van der Waals surface area contributed by atoms with Crippen LogP contribution in [0.15, 0.2) is 35.3 Å². The maximum atomic E-state index is 5.80. The van der Waals surface area contributed by atoms with Crippen LogP contribution in [0.4, 0.5) is 0 Å². The Bertz CT molecular complexity index is 402. The molecule has 22 heavy (non-hydrogen) atoms. The van der Waals surface area contributed by atoms with Gasteiger partial charge in [-0.05, 0) is 32.4 Å².